The smallest absolute Gasteiger partial charge is 0.351 e. The average Bonchev–Trinajstić information content (AvgIpc) is 3.19. The molecule has 178 valence electrons. The molecule has 0 spiro atoms. The largest absolute Gasteiger partial charge is 0.462 e. The minimum Gasteiger partial charge on any atom is -0.462 e. The summed E-state index contributed by atoms with van der Waals surface area (Å²) >= 11 is 0. The van der Waals surface area contributed by atoms with Gasteiger partial charge in [0.2, 0.25) is 0 Å². The number of halogens is 2. The first kappa shape index (κ1) is 23.3. The highest BCUT2D eigenvalue weighted by molar-refractivity contribution is 5.89. The van der Waals surface area contributed by atoms with Crippen LogP contribution in [0, 0.1) is 5.92 Å². The third kappa shape index (κ3) is 5.04. The van der Waals surface area contributed by atoms with Crippen molar-refractivity contribution < 1.29 is 32.6 Å². The summed E-state index contributed by atoms with van der Waals surface area (Å²) in [5.74, 6) is -6.97. The topological polar surface area (TPSA) is 123 Å². The second kappa shape index (κ2) is 9.56. The number of nitrogen functional groups attached to an aromatic ring is 1. The summed E-state index contributed by atoms with van der Waals surface area (Å²) in [6.07, 6.45) is 2.70. The number of hydrogen-bond acceptors (Lipinski definition) is 8. The number of ether oxygens (including phenoxy) is 3. The number of allylic oxidation sites excluding steroid dienone is 3. The van der Waals surface area contributed by atoms with E-state index in [2.05, 4.69) is 4.98 Å². The highest BCUT2D eigenvalue weighted by Crippen LogP contribution is 2.33. The van der Waals surface area contributed by atoms with Gasteiger partial charge in [-0.25, -0.2) is 18.4 Å². The van der Waals surface area contributed by atoms with Gasteiger partial charge < -0.3 is 19.9 Å². The first-order valence-electron chi connectivity index (χ1n) is 10.4. The van der Waals surface area contributed by atoms with E-state index in [-0.39, 0.29) is 17.8 Å². The first-order chi connectivity index (χ1) is 16.2. The Labute approximate surface area is 192 Å². The Kier molecular flexibility index (Phi) is 6.55. The van der Waals surface area contributed by atoms with Crippen LogP contribution in [-0.4, -0.2) is 46.2 Å². The van der Waals surface area contributed by atoms with Gasteiger partial charge in [0.15, 0.2) is 0 Å². The molecule has 1 aromatic carbocycles. The lowest BCUT2D eigenvalue weighted by molar-refractivity contribution is -0.161. The molecule has 1 fully saturated rings. The maximum absolute atomic E-state index is 14.0. The number of aromatic nitrogens is 2. The van der Waals surface area contributed by atoms with Crippen molar-refractivity contribution in [3.05, 3.63) is 82.9 Å². The van der Waals surface area contributed by atoms with Crippen molar-refractivity contribution in [2.24, 2.45) is 5.92 Å². The van der Waals surface area contributed by atoms with E-state index in [1.165, 1.54) is 18.3 Å². The van der Waals surface area contributed by atoms with Gasteiger partial charge in [0.05, 0.1) is 5.56 Å². The van der Waals surface area contributed by atoms with Gasteiger partial charge >= 0.3 is 17.6 Å². The molecule has 1 aliphatic heterocycles. The van der Waals surface area contributed by atoms with Crippen LogP contribution in [0.15, 0.2) is 71.7 Å². The van der Waals surface area contributed by atoms with Gasteiger partial charge in [0.25, 0.3) is 5.92 Å². The third-order valence-electron chi connectivity index (χ3n) is 5.40. The van der Waals surface area contributed by atoms with E-state index in [0.717, 1.165) is 16.7 Å². The summed E-state index contributed by atoms with van der Waals surface area (Å²) in [5, 5.41) is 0. The molecule has 0 bridgehead atoms. The van der Waals surface area contributed by atoms with Crippen molar-refractivity contribution in [3.63, 3.8) is 0 Å². The predicted molar refractivity (Wildman–Crippen MR) is 115 cm³/mol. The normalized spacial score (nSPS) is 25.1. The summed E-state index contributed by atoms with van der Waals surface area (Å²) in [4.78, 5) is 40.8. The van der Waals surface area contributed by atoms with Gasteiger partial charge in [-0.2, -0.15) is 4.98 Å². The van der Waals surface area contributed by atoms with Gasteiger partial charge in [-0.3, -0.25) is 9.36 Å². The van der Waals surface area contributed by atoms with Crippen LogP contribution in [0.4, 0.5) is 14.6 Å². The van der Waals surface area contributed by atoms with Gasteiger partial charge in [0.1, 0.15) is 36.8 Å². The molecule has 1 saturated heterocycles. The number of hydrogen-bond donors (Lipinski definition) is 1. The van der Waals surface area contributed by atoms with E-state index in [4.69, 9.17) is 19.9 Å². The molecule has 0 radical (unpaired) electrons. The quantitative estimate of drug-likeness (QED) is 0.634. The number of alkyl halides is 2. The van der Waals surface area contributed by atoms with Crippen LogP contribution in [0.5, 0.6) is 0 Å². The van der Waals surface area contributed by atoms with Gasteiger partial charge in [0, 0.05) is 12.6 Å². The second-order valence-electron chi connectivity index (χ2n) is 7.74. The maximum atomic E-state index is 14.0. The Bertz CT molecular complexity index is 1180. The minimum absolute atomic E-state index is 0.0206. The summed E-state index contributed by atoms with van der Waals surface area (Å²) < 4.78 is 45.7. The number of esters is 2. The van der Waals surface area contributed by atoms with Crippen LogP contribution in [0.1, 0.15) is 23.0 Å². The molecule has 2 aliphatic rings. The average molecular weight is 473 g/mol. The number of nitrogens with zero attached hydrogens (tertiary/aromatic N) is 2. The molecular formula is C23H21F2N3O6. The lowest BCUT2D eigenvalue weighted by atomic mass is 9.97. The van der Waals surface area contributed by atoms with Gasteiger partial charge in [-0.15, -0.1) is 0 Å². The van der Waals surface area contributed by atoms with Crippen molar-refractivity contribution >= 4 is 17.8 Å². The molecule has 34 heavy (non-hydrogen) atoms. The minimum atomic E-state index is -3.40. The van der Waals surface area contributed by atoms with Crippen molar-refractivity contribution in [2.75, 3.05) is 12.3 Å². The standard InChI is InChI=1S/C23H21F2N3O6/c24-23(25)10-5-4-8-15(23)21(30)32-13-17-16(34-20(29)14-6-2-1-3-7-14)12-19(33-17)28-11-9-18(26)27-22(28)31/h1-11,15-17,19H,12-13H2,(H2,26,27,31)/t15?,16-,17+,19?/m0/s1. The molecule has 0 saturated carbocycles. The Morgan fingerprint density at radius 3 is 2.68 bits per heavy atom. The lowest BCUT2D eigenvalue weighted by Crippen LogP contribution is -2.37. The van der Waals surface area contributed by atoms with Crippen LogP contribution >= 0.6 is 0 Å². The highest BCUT2D eigenvalue weighted by atomic mass is 19.3. The number of benzene rings is 1. The molecule has 0 amide bonds. The molecule has 1 aromatic heterocycles. The molecule has 2 N–H and O–H groups in total. The van der Waals surface area contributed by atoms with Crippen molar-refractivity contribution in [1.82, 2.24) is 9.55 Å². The molecular weight excluding hydrogens is 452 g/mol. The molecule has 2 unspecified atom stereocenters. The van der Waals surface area contributed by atoms with E-state index < -0.39 is 54.5 Å². The van der Waals surface area contributed by atoms with E-state index >= 15 is 0 Å². The van der Waals surface area contributed by atoms with Crippen LogP contribution in [0.3, 0.4) is 0 Å². The Hall–Kier alpha value is -3.86. The Morgan fingerprint density at radius 1 is 1.21 bits per heavy atom. The zero-order chi connectivity index (χ0) is 24.3. The summed E-state index contributed by atoms with van der Waals surface area (Å²) in [6, 6.07) is 9.58. The van der Waals surface area contributed by atoms with Crippen molar-refractivity contribution in [2.45, 2.75) is 30.8 Å². The molecule has 9 nitrogen and oxygen atoms in total. The fourth-order valence-corrected chi connectivity index (χ4v) is 3.65. The number of nitrogens with two attached hydrogens (primary N) is 1. The molecule has 11 heteroatoms. The number of rotatable bonds is 6. The van der Waals surface area contributed by atoms with Crippen LogP contribution < -0.4 is 11.4 Å². The first-order valence-corrected chi connectivity index (χ1v) is 10.4. The summed E-state index contributed by atoms with van der Waals surface area (Å²) in [6.45, 7) is -0.469. The predicted octanol–water partition coefficient (Wildman–Crippen LogP) is 2.26. The molecule has 4 atom stereocenters. The highest BCUT2D eigenvalue weighted by Gasteiger charge is 2.44. The molecule has 2 heterocycles. The number of anilines is 1. The molecule has 1 aliphatic carbocycles. The number of carbonyl (C=O) groups is 2. The van der Waals surface area contributed by atoms with E-state index in [9.17, 15) is 23.2 Å². The zero-order valence-electron chi connectivity index (χ0n) is 17.8. The van der Waals surface area contributed by atoms with E-state index in [1.807, 2.05) is 0 Å². The van der Waals surface area contributed by atoms with Crippen molar-refractivity contribution in [1.29, 1.82) is 0 Å². The van der Waals surface area contributed by atoms with E-state index in [1.54, 1.807) is 30.3 Å². The summed E-state index contributed by atoms with van der Waals surface area (Å²) in [5.41, 5.74) is 5.12. The number of carbonyl (C=O) groups excluding carboxylic acids is 2. The Morgan fingerprint density at radius 2 is 1.97 bits per heavy atom. The lowest BCUT2D eigenvalue weighted by Gasteiger charge is -2.24. The molecule has 2 aromatic rings. The fourth-order valence-electron chi connectivity index (χ4n) is 3.65. The third-order valence-corrected chi connectivity index (χ3v) is 5.40. The Balaban J connectivity index is 1.50. The molecule has 4 rings (SSSR count). The van der Waals surface area contributed by atoms with Crippen LogP contribution in [0.25, 0.3) is 0 Å². The van der Waals surface area contributed by atoms with E-state index in [0.29, 0.717) is 6.08 Å². The van der Waals surface area contributed by atoms with Gasteiger partial charge in [-0.05, 0) is 24.3 Å². The second-order valence-corrected chi connectivity index (χ2v) is 7.74. The fraction of sp³-hybridized carbons (Fsp3) is 0.304. The van der Waals surface area contributed by atoms with Crippen LogP contribution in [-0.2, 0) is 19.0 Å². The zero-order valence-corrected chi connectivity index (χ0v) is 17.8. The van der Waals surface area contributed by atoms with Gasteiger partial charge in [-0.1, -0.05) is 36.4 Å². The SMILES string of the molecule is Nc1ccn(C2C[C@H](OC(=O)c3ccccc3)[C@@H](COC(=O)C3C=CC=CC3(F)F)O2)c(=O)n1. The van der Waals surface area contributed by atoms with Crippen LogP contribution in [0.2, 0.25) is 0 Å². The maximum Gasteiger partial charge on any atom is 0.351 e. The monoisotopic (exact) mass is 473 g/mol. The van der Waals surface area contributed by atoms with Crippen molar-refractivity contribution in [3.8, 4) is 0 Å². The summed E-state index contributed by atoms with van der Waals surface area (Å²) in [7, 11) is 0.